The van der Waals surface area contributed by atoms with Crippen LogP contribution in [-0.4, -0.2) is 42.6 Å². The Kier molecular flexibility index (Phi) is 6.06. The molecule has 2 fully saturated rings. The van der Waals surface area contributed by atoms with E-state index in [1.165, 1.54) is 0 Å². The van der Waals surface area contributed by atoms with Crippen LogP contribution in [0.3, 0.4) is 0 Å². The number of ketones is 1. The number of hydrogen-bond acceptors (Lipinski definition) is 6. The smallest absolute Gasteiger partial charge is 0.181 e. The second-order valence-electron chi connectivity index (χ2n) is 8.00. The number of Topliss-reactive ketones (excluding diaryl/α,β-unsaturated/α-hetero) is 1. The van der Waals surface area contributed by atoms with E-state index in [9.17, 15) is 13.2 Å². The van der Waals surface area contributed by atoms with E-state index in [4.69, 9.17) is 4.74 Å². The maximum absolute atomic E-state index is 13.2. The highest BCUT2D eigenvalue weighted by Crippen LogP contribution is 2.35. The molecule has 0 bridgehead atoms. The van der Waals surface area contributed by atoms with Gasteiger partial charge in [-0.05, 0) is 55.7 Å². The molecule has 0 amide bonds. The lowest BCUT2D eigenvalue weighted by atomic mass is 9.81. The zero-order chi connectivity index (χ0) is 20.3. The van der Waals surface area contributed by atoms with Gasteiger partial charge in [0.15, 0.2) is 9.84 Å². The number of hydrogen-bond donors (Lipinski definition) is 0. The van der Waals surface area contributed by atoms with Gasteiger partial charge in [-0.3, -0.25) is 14.8 Å². The van der Waals surface area contributed by atoms with E-state index in [1.54, 1.807) is 30.7 Å². The molecule has 154 valence electrons. The summed E-state index contributed by atoms with van der Waals surface area (Å²) in [6.45, 7) is 1.46. The molecular formula is C22H26N2O4S. The Morgan fingerprint density at radius 3 is 2.41 bits per heavy atom. The molecule has 2 aliphatic rings. The molecule has 1 atom stereocenters. The fourth-order valence-corrected chi connectivity index (χ4v) is 5.61. The molecule has 0 unspecified atom stereocenters. The number of benzene rings is 1. The summed E-state index contributed by atoms with van der Waals surface area (Å²) in [6, 6.07) is 6.95. The van der Waals surface area contributed by atoms with Crippen LogP contribution in [0.15, 0.2) is 47.8 Å². The molecular weight excluding hydrogens is 388 g/mol. The molecule has 2 aromatic rings. The van der Waals surface area contributed by atoms with Gasteiger partial charge in [0.25, 0.3) is 0 Å². The summed E-state index contributed by atoms with van der Waals surface area (Å²) < 4.78 is 30.4. The Labute approximate surface area is 171 Å². The van der Waals surface area contributed by atoms with Crippen molar-refractivity contribution in [2.45, 2.75) is 54.6 Å². The third-order valence-corrected chi connectivity index (χ3v) is 8.12. The van der Waals surface area contributed by atoms with Crippen molar-refractivity contribution in [2.75, 3.05) is 13.2 Å². The lowest BCUT2D eigenvalue weighted by Crippen LogP contribution is -2.23. The number of aromatic nitrogens is 2. The number of carbonyl (C=O) groups excluding carboxylic acids is 1. The number of rotatable bonds is 8. The van der Waals surface area contributed by atoms with Gasteiger partial charge in [0.1, 0.15) is 5.78 Å². The molecule has 2 heterocycles. The van der Waals surface area contributed by atoms with Crippen LogP contribution in [0.25, 0.3) is 0 Å². The predicted molar refractivity (Wildman–Crippen MR) is 108 cm³/mol. The van der Waals surface area contributed by atoms with Crippen LogP contribution in [0.2, 0.25) is 0 Å². The summed E-state index contributed by atoms with van der Waals surface area (Å²) in [5.41, 5.74) is 1.53. The van der Waals surface area contributed by atoms with Gasteiger partial charge in [-0.25, -0.2) is 8.42 Å². The maximum atomic E-state index is 13.2. The summed E-state index contributed by atoms with van der Waals surface area (Å²) in [5, 5.41) is -0.232. The highest BCUT2D eigenvalue weighted by atomic mass is 32.2. The Morgan fingerprint density at radius 2 is 1.79 bits per heavy atom. The Bertz CT molecular complexity index is 935. The van der Waals surface area contributed by atoms with Gasteiger partial charge in [-0.1, -0.05) is 12.1 Å². The van der Waals surface area contributed by atoms with E-state index in [2.05, 4.69) is 9.97 Å². The van der Waals surface area contributed by atoms with Gasteiger partial charge in [0, 0.05) is 37.7 Å². The summed E-state index contributed by atoms with van der Waals surface area (Å²) >= 11 is 0. The van der Waals surface area contributed by atoms with Crippen molar-refractivity contribution in [1.82, 2.24) is 9.97 Å². The summed E-state index contributed by atoms with van der Waals surface area (Å²) in [5.74, 6) is 0.238. The third kappa shape index (κ3) is 4.90. The van der Waals surface area contributed by atoms with Crippen LogP contribution in [0.4, 0.5) is 0 Å². The summed E-state index contributed by atoms with van der Waals surface area (Å²) in [4.78, 5) is 21.8. The van der Waals surface area contributed by atoms with E-state index >= 15 is 0 Å². The Morgan fingerprint density at radius 1 is 1.07 bits per heavy atom. The molecule has 7 heteroatoms. The first-order valence-electron chi connectivity index (χ1n) is 10.2. The van der Waals surface area contributed by atoms with Gasteiger partial charge in [-0.2, -0.15) is 0 Å². The maximum Gasteiger partial charge on any atom is 0.181 e. The van der Waals surface area contributed by atoms with Crippen LogP contribution in [-0.2, 0) is 25.8 Å². The number of carbonyl (C=O) groups is 1. The standard InChI is InChI=1S/C22H26N2O4S/c25-22(14-18-15-23-9-10-24-18)21(13-16-7-11-28-12-8-16)17-1-3-19(4-2-17)29(26,27)20-5-6-20/h1-4,9-10,15-16,20-21H,5-8,11-14H2/t21-/m1/s1. The minimum Gasteiger partial charge on any atom is -0.381 e. The average Bonchev–Trinajstić information content (AvgIpc) is 3.60. The van der Waals surface area contributed by atoms with E-state index in [0.29, 0.717) is 16.5 Å². The highest BCUT2D eigenvalue weighted by molar-refractivity contribution is 7.92. The SMILES string of the molecule is O=C(Cc1cnccn1)[C@H](CC1CCOCC1)c1ccc(S(=O)(=O)C2CC2)cc1. The minimum atomic E-state index is -3.22. The lowest BCUT2D eigenvalue weighted by molar-refractivity contribution is -0.120. The lowest BCUT2D eigenvalue weighted by Gasteiger charge is -2.26. The second-order valence-corrected chi connectivity index (χ2v) is 10.2. The molecule has 29 heavy (non-hydrogen) atoms. The van der Waals surface area contributed by atoms with Crippen molar-refractivity contribution in [3.05, 3.63) is 54.1 Å². The number of ether oxygens (including phenoxy) is 1. The Hall–Kier alpha value is -2.12. The van der Waals surface area contributed by atoms with Crippen LogP contribution in [0.5, 0.6) is 0 Å². The first kappa shape index (κ1) is 20.2. The topological polar surface area (TPSA) is 86.2 Å². The van der Waals surface area contributed by atoms with Crippen LogP contribution < -0.4 is 0 Å². The van der Waals surface area contributed by atoms with E-state index in [0.717, 1.165) is 50.9 Å². The van der Waals surface area contributed by atoms with Crippen LogP contribution in [0.1, 0.15) is 49.3 Å². The van der Waals surface area contributed by atoms with Gasteiger partial charge in [0.05, 0.1) is 22.3 Å². The van der Waals surface area contributed by atoms with Crippen molar-refractivity contribution >= 4 is 15.6 Å². The fraction of sp³-hybridized carbons (Fsp3) is 0.500. The van der Waals surface area contributed by atoms with E-state index in [-0.39, 0.29) is 23.4 Å². The second kappa shape index (κ2) is 8.71. The molecule has 0 spiro atoms. The Balaban J connectivity index is 1.56. The molecule has 0 N–H and O–H groups in total. The number of sulfone groups is 1. The fourth-order valence-electron chi connectivity index (χ4n) is 3.95. The van der Waals surface area contributed by atoms with Crippen LogP contribution >= 0.6 is 0 Å². The van der Waals surface area contributed by atoms with Crippen molar-refractivity contribution in [1.29, 1.82) is 0 Å². The molecule has 1 saturated carbocycles. The zero-order valence-corrected chi connectivity index (χ0v) is 17.2. The summed E-state index contributed by atoms with van der Waals surface area (Å²) in [7, 11) is -3.22. The quantitative estimate of drug-likeness (QED) is 0.660. The molecule has 1 aromatic heterocycles. The monoisotopic (exact) mass is 414 g/mol. The first-order chi connectivity index (χ1) is 14.0. The van der Waals surface area contributed by atoms with Crippen molar-refractivity contribution in [3.8, 4) is 0 Å². The molecule has 1 aliphatic heterocycles. The van der Waals surface area contributed by atoms with Crippen molar-refractivity contribution in [2.24, 2.45) is 5.92 Å². The largest absolute Gasteiger partial charge is 0.381 e. The third-order valence-electron chi connectivity index (χ3n) is 5.84. The van der Waals surface area contributed by atoms with Gasteiger partial charge < -0.3 is 4.74 Å². The van der Waals surface area contributed by atoms with E-state index in [1.807, 2.05) is 12.1 Å². The molecule has 1 saturated heterocycles. The van der Waals surface area contributed by atoms with Gasteiger partial charge in [0.2, 0.25) is 0 Å². The molecule has 6 nitrogen and oxygen atoms in total. The molecule has 1 aliphatic carbocycles. The highest BCUT2D eigenvalue weighted by Gasteiger charge is 2.37. The molecule has 4 rings (SSSR count). The van der Waals surface area contributed by atoms with Crippen molar-refractivity contribution < 1.29 is 17.9 Å². The number of nitrogens with zero attached hydrogens (tertiary/aromatic N) is 2. The first-order valence-corrected chi connectivity index (χ1v) is 11.8. The van der Waals surface area contributed by atoms with Crippen LogP contribution in [0, 0.1) is 5.92 Å². The molecule has 1 aromatic carbocycles. The predicted octanol–water partition coefficient (Wildman–Crippen LogP) is 3.12. The molecule has 0 radical (unpaired) electrons. The van der Waals surface area contributed by atoms with Gasteiger partial charge >= 0.3 is 0 Å². The van der Waals surface area contributed by atoms with Gasteiger partial charge in [-0.15, -0.1) is 0 Å². The summed E-state index contributed by atoms with van der Waals surface area (Å²) in [6.07, 6.45) is 9.15. The average molecular weight is 415 g/mol. The zero-order valence-electron chi connectivity index (χ0n) is 16.4. The minimum absolute atomic E-state index is 0.0924. The van der Waals surface area contributed by atoms with E-state index < -0.39 is 9.84 Å². The van der Waals surface area contributed by atoms with Crippen molar-refractivity contribution in [3.63, 3.8) is 0 Å². The normalized spacial score (nSPS) is 19.0.